The third kappa shape index (κ3) is 4.72. The summed E-state index contributed by atoms with van der Waals surface area (Å²) in [4.78, 5) is 24.4. The molecule has 1 aliphatic carbocycles. The summed E-state index contributed by atoms with van der Waals surface area (Å²) in [6, 6.07) is 1.94. The molecule has 0 aromatic heterocycles. The molecule has 1 N–H and O–H groups in total. The van der Waals surface area contributed by atoms with Crippen LogP contribution in [0.2, 0.25) is 0 Å². The highest BCUT2D eigenvalue weighted by atomic mass is 16.5. The Morgan fingerprint density at radius 3 is 2.76 bits per heavy atom. The molecule has 6 nitrogen and oxygen atoms in total. The Labute approximate surface area is 101 Å². The predicted molar refractivity (Wildman–Crippen MR) is 60.0 cm³/mol. The first kappa shape index (κ1) is 13.3. The quantitative estimate of drug-likeness (QED) is 0.689. The molecule has 0 saturated heterocycles. The largest absolute Gasteiger partial charge is 0.465 e. The molecule has 0 atom stereocenters. The second-order valence-corrected chi connectivity index (χ2v) is 3.80. The van der Waals surface area contributed by atoms with Gasteiger partial charge in [0, 0.05) is 12.6 Å². The third-order valence-electron chi connectivity index (χ3n) is 2.40. The number of nitrogens with zero attached hydrogens (tertiary/aromatic N) is 2. The van der Waals surface area contributed by atoms with Crippen molar-refractivity contribution in [3.8, 4) is 6.07 Å². The monoisotopic (exact) mass is 239 g/mol. The van der Waals surface area contributed by atoms with E-state index in [0.717, 1.165) is 12.8 Å². The molecule has 0 heterocycles. The summed E-state index contributed by atoms with van der Waals surface area (Å²) in [6.07, 6.45) is 2.25. The van der Waals surface area contributed by atoms with Gasteiger partial charge in [-0.3, -0.25) is 4.79 Å². The molecule has 6 heteroatoms. The average molecular weight is 239 g/mol. The number of hydrogen-bond donors (Lipinski definition) is 1. The van der Waals surface area contributed by atoms with E-state index in [9.17, 15) is 9.59 Å². The Hall–Kier alpha value is -1.77. The first-order valence-corrected chi connectivity index (χ1v) is 5.76. The number of ether oxygens (including phenoxy) is 1. The molecule has 0 aromatic carbocycles. The number of amides is 2. The van der Waals surface area contributed by atoms with Crippen LogP contribution in [0, 0.1) is 11.3 Å². The van der Waals surface area contributed by atoms with Crippen LogP contribution in [0.4, 0.5) is 4.79 Å². The van der Waals surface area contributed by atoms with Crippen molar-refractivity contribution < 1.29 is 14.3 Å². The maximum Gasteiger partial charge on any atom is 0.325 e. The maximum atomic E-state index is 11.7. The van der Waals surface area contributed by atoms with Gasteiger partial charge in [-0.05, 0) is 19.8 Å². The van der Waals surface area contributed by atoms with Crippen LogP contribution in [0.5, 0.6) is 0 Å². The van der Waals surface area contributed by atoms with E-state index in [1.54, 1.807) is 11.8 Å². The lowest BCUT2D eigenvalue weighted by molar-refractivity contribution is -0.141. The Morgan fingerprint density at radius 2 is 2.24 bits per heavy atom. The molecule has 0 aliphatic heterocycles. The van der Waals surface area contributed by atoms with Crippen molar-refractivity contribution >= 4 is 12.0 Å². The lowest BCUT2D eigenvalue weighted by Gasteiger charge is -2.21. The molecule has 1 aliphatic rings. The lowest BCUT2D eigenvalue weighted by Crippen LogP contribution is -2.44. The van der Waals surface area contributed by atoms with Crippen LogP contribution in [0.1, 0.15) is 26.2 Å². The van der Waals surface area contributed by atoms with Crippen LogP contribution >= 0.6 is 0 Å². The minimum Gasteiger partial charge on any atom is -0.465 e. The van der Waals surface area contributed by atoms with Crippen molar-refractivity contribution in [3.63, 3.8) is 0 Å². The van der Waals surface area contributed by atoms with E-state index >= 15 is 0 Å². The molecule has 0 unspecified atom stereocenters. The smallest absolute Gasteiger partial charge is 0.325 e. The summed E-state index contributed by atoms with van der Waals surface area (Å²) in [5, 5.41) is 11.0. The van der Waals surface area contributed by atoms with Crippen LogP contribution < -0.4 is 5.32 Å². The van der Waals surface area contributed by atoms with Crippen molar-refractivity contribution in [1.29, 1.82) is 5.26 Å². The van der Waals surface area contributed by atoms with Crippen LogP contribution in [0.25, 0.3) is 0 Å². The minimum atomic E-state index is -0.447. The Balaban J connectivity index is 2.32. The van der Waals surface area contributed by atoms with E-state index in [-0.39, 0.29) is 18.6 Å². The predicted octanol–water partition coefficient (Wildman–Crippen LogP) is 0.637. The van der Waals surface area contributed by atoms with Gasteiger partial charge in [0.1, 0.15) is 6.54 Å². The second kappa shape index (κ2) is 6.74. The fourth-order valence-electron chi connectivity index (χ4n) is 1.47. The number of rotatable bonds is 6. The van der Waals surface area contributed by atoms with Gasteiger partial charge in [0.05, 0.1) is 19.1 Å². The van der Waals surface area contributed by atoms with Gasteiger partial charge >= 0.3 is 12.0 Å². The van der Waals surface area contributed by atoms with Gasteiger partial charge in [-0.2, -0.15) is 5.26 Å². The number of carbonyl (C=O) groups is 2. The highest BCUT2D eigenvalue weighted by Crippen LogP contribution is 2.26. The molecule has 0 bridgehead atoms. The Morgan fingerprint density at radius 1 is 1.53 bits per heavy atom. The normalized spacial score (nSPS) is 13.6. The Bertz CT molecular complexity index is 320. The molecule has 17 heavy (non-hydrogen) atoms. The Kier molecular flexibility index (Phi) is 5.27. The van der Waals surface area contributed by atoms with Crippen molar-refractivity contribution in [1.82, 2.24) is 10.2 Å². The second-order valence-electron chi connectivity index (χ2n) is 3.80. The van der Waals surface area contributed by atoms with E-state index in [4.69, 9.17) is 10.00 Å². The topological polar surface area (TPSA) is 82.4 Å². The van der Waals surface area contributed by atoms with E-state index in [0.29, 0.717) is 19.6 Å². The molecule has 0 spiro atoms. The molecule has 1 saturated carbocycles. The van der Waals surface area contributed by atoms with Crippen LogP contribution in [0.3, 0.4) is 0 Å². The first-order valence-electron chi connectivity index (χ1n) is 5.76. The number of hydrogen-bond acceptors (Lipinski definition) is 4. The van der Waals surface area contributed by atoms with Crippen molar-refractivity contribution in [2.75, 3.05) is 19.7 Å². The minimum absolute atomic E-state index is 0.123. The van der Waals surface area contributed by atoms with Gasteiger partial charge in [0.2, 0.25) is 0 Å². The highest BCUT2D eigenvalue weighted by molar-refractivity contribution is 5.81. The summed E-state index contributed by atoms with van der Waals surface area (Å²) in [7, 11) is 0. The number of carbonyl (C=O) groups excluding carboxylic acids is 2. The SMILES string of the molecule is CCOC(=O)CNC(=O)N(CCC#N)C1CC1. The zero-order valence-electron chi connectivity index (χ0n) is 9.94. The fourth-order valence-corrected chi connectivity index (χ4v) is 1.47. The van der Waals surface area contributed by atoms with Crippen LogP contribution in [-0.4, -0.2) is 42.6 Å². The number of urea groups is 1. The number of esters is 1. The summed E-state index contributed by atoms with van der Waals surface area (Å²) in [6.45, 7) is 2.30. The van der Waals surface area contributed by atoms with E-state index in [1.807, 2.05) is 6.07 Å². The highest BCUT2D eigenvalue weighted by Gasteiger charge is 2.32. The third-order valence-corrected chi connectivity index (χ3v) is 2.40. The summed E-state index contributed by atoms with van der Waals surface area (Å²) in [5.41, 5.74) is 0. The summed E-state index contributed by atoms with van der Waals surface area (Å²) in [5.74, 6) is -0.447. The van der Waals surface area contributed by atoms with Gasteiger partial charge in [-0.15, -0.1) is 0 Å². The molecule has 0 radical (unpaired) electrons. The van der Waals surface area contributed by atoms with Gasteiger partial charge in [0.25, 0.3) is 0 Å². The van der Waals surface area contributed by atoms with Gasteiger partial charge < -0.3 is 15.0 Å². The molecular weight excluding hydrogens is 222 g/mol. The van der Waals surface area contributed by atoms with E-state index in [2.05, 4.69) is 5.32 Å². The number of nitrogens with one attached hydrogen (secondary N) is 1. The molecule has 94 valence electrons. The van der Waals surface area contributed by atoms with E-state index in [1.165, 1.54) is 0 Å². The number of nitriles is 1. The van der Waals surface area contributed by atoms with Crippen LogP contribution in [-0.2, 0) is 9.53 Å². The van der Waals surface area contributed by atoms with Crippen molar-refractivity contribution in [2.45, 2.75) is 32.2 Å². The molecule has 1 fully saturated rings. The van der Waals surface area contributed by atoms with Gasteiger partial charge in [-0.1, -0.05) is 0 Å². The zero-order valence-corrected chi connectivity index (χ0v) is 9.94. The molecule has 1 rings (SSSR count). The molecule has 2 amide bonds. The summed E-state index contributed by atoms with van der Waals surface area (Å²) >= 11 is 0. The van der Waals surface area contributed by atoms with E-state index < -0.39 is 5.97 Å². The zero-order chi connectivity index (χ0) is 12.7. The average Bonchev–Trinajstić information content (AvgIpc) is 3.11. The van der Waals surface area contributed by atoms with Crippen molar-refractivity contribution in [3.05, 3.63) is 0 Å². The standard InChI is InChI=1S/C11H17N3O3/c1-2-17-10(15)8-13-11(16)14(7-3-6-12)9-4-5-9/h9H,2-5,7-8H2,1H3,(H,13,16). The lowest BCUT2D eigenvalue weighted by atomic mass is 10.4. The maximum absolute atomic E-state index is 11.7. The first-order chi connectivity index (χ1) is 8.19. The van der Waals surface area contributed by atoms with Crippen LogP contribution in [0.15, 0.2) is 0 Å². The van der Waals surface area contributed by atoms with Crippen molar-refractivity contribution in [2.24, 2.45) is 0 Å². The fraction of sp³-hybridized carbons (Fsp3) is 0.727. The van der Waals surface area contributed by atoms with Gasteiger partial charge in [-0.25, -0.2) is 4.79 Å². The molecule has 0 aromatic rings. The summed E-state index contributed by atoms with van der Waals surface area (Å²) < 4.78 is 4.70. The van der Waals surface area contributed by atoms with Gasteiger partial charge in [0.15, 0.2) is 0 Å². The molecular formula is C11H17N3O3.